The Hall–Kier alpha value is -0.700. The van der Waals surface area contributed by atoms with E-state index >= 15 is 0 Å². The Kier molecular flexibility index (Phi) is 4.65. The van der Waals surface area contributed by atoms with Gasteiger partial charge in [-0.1, -0.05) is 0 Å². The third-order valence-electron chi connectivity index (χ3n) is 0.951. The van der Waals surface area contributed by atoms with E-state index in [4.69, 9.17) is 22.6 Å². The molecule has 0 fully saturated rings. The molecule has 0 aliphatic heterocycles. The summed E-state index contributed by atoms with van der Waals surface area (Å²) in [5.74, 6) is 8.44. The number of nitrogens with one attached hydrogen (secondary N) is 1. The first-order valence-electron chi connectivity index (χ1n) is 3.49. The van der Waals surface area contributed by atoms with Crippen LogP contribution in [0.1, 0.15) is 0 Å². The molecule has 0 atom stereocenters. The van der Waals surface area contributed by atoms with E-state index in [-0.39, 0.29) is 6.54 Å². The minimum atomic E-state index is -4.38. The van der Waals surface area contributed by atoms with Gasteiger partial charge in [0.05, 0.1) is 0 Å². The summed E-state index contributed by atoms with van der Waals surface area (Å²) in [5, 5.41) is 0. The Bertz CT molecular complexity index is 265. The molecule has 0 aromatic rings. The van der Waals surface area contributed by atoms with Gasteiger partial charge >= 0.3 is 89.3 Å². The third-order valence-corrected chi connectivity index (χ3v) is 2.58. The van der Waals surface area contributed by atoms with Gasteiger partial charge in [-0.25, -0.2) is 0 Å². The van der Waals surface area contributed by atoms with Gasteiger partial charge < -0.3 is 0 Å². The second-order valence-electron chi connectivity index (χ2n) is 2.62. The molecule has 0 saturated heterocycles. The number of halogens is 1. The van der Waals surface area contributed by atoms with Gasteiger partial charge in [0.1, 0.15) is 0 Å². The summed E-state index contributed by atoms with van der Waals surface area (Å²) in [7, 11) is 0. The molecule has 9 nitrogen and oxygen atoms in total. The van der Waals surface area contributed by atoms with Crippen LogP contribution in [0.15, 0.2) is 0 Å². The fraction of sp³-hybridized carbons (Fsp3) is 0.500. The fourth-order valence-corrected chi connectivity index (χ4v) is 1.95. The standard InChI is InChI=1S/C4H12ClN4O5P/c1-15(5,8,14-4(11)12-7)13-3(10)2-9-6/h9H,2,6-8H2,1H3. The van der Waals surface area contributed by atoms with E-state index in [9.17, 15) is 9.59 Å². The zero-order valence-corrected chi connectivity index (χ0v) is 9.46. The van der Waals surface area contributed by atoms with Crippen LogP contribution in [0.25, 0.3) is 0 Å². The van der Waals surface area contributed by atoms with E-state index in [1.54, 1.807) is 0 Å². The summed E-state index contributed by atoms with van der Waals surface area (Å²) in [6, 6.07) is 0. The summed E-state index contributed by atoms with van der Waals surface area (Å²) in [6.07, 6.45) is -1.36. The van der Waals surface area contributed by atoms with Gasteiger partial charge in [-0.05, 0) is 0 Å². The maximum atomic E-state index is 11.0. The molecule has 0 aromatic heterocycles. The van der Waals surface area contributed by atoms with Crippen LogP contribution >= 0.6 is 17.8 Å². The fourth-order valence-electron chi connectivity index (χ4n) is 0.573. The molecule has 0 saturated carbocycles. The number of nitrogens with two attached hydrogens (primary N) is 3. The van der Waals surface area contributed by atoms with Gasteiger partial charge in [-0.3, -0.25) is 0 Å². The Labute approximate surface area is 90.0 Å². The van der Waals surface area contributed by atoms with Crippen molar-refractivity contribution >= 4 is 29.9 Å². The molecule has 0 aromatic carbocycles. The van der Waals surface area contributed by atoms with Crippen LogP contribution in [0.3, 0.4) is 0 Å². The van der Waals surface area contributed by atoms with Gasteiger partial charge in [-0.2, -0.15) is 0 Å². The summed E-state index contributed by atoms with van der Waals surface area (Å²) in [6.45, 7) is -3.69. The molecule has 0 radical (unpaired) electrons. The van der Waals surface area contributed by atoms with E-state index in [0.29, 0.717) is 0 Å². The van der Waals surface area contributed by atoms with Gasteiger partial charge in [0.25, 0.3) is 0 Å². The van der Waals surface area contributed by atoms with Crippen molar-refractivity contribution in [1.82, 2.24) is 5.43 Å². The van der Waals surface area contributed by atoms with E-state index < -0.39 is 18.7 Å². The number of rotatable bonds is 4. The Morgan fingerprint density at radius 1 is 1.47 bits per heavy atom. The van der Waals surface area contributed by atoms with E-state index in [1.807, 2.05) is 5.43 Å². The SMILES string of the molecule is CP(N)(Cl)(OC(=O)CNN)OC(=O)ON. The quantitative estimate of drug-likeness (QED) is 0.286. The Morgan fingerprint density at radius 2 is 2.00 bits per heavy atom. The van der Waals surface area contributed by atoms with Crippen molar-refractivity contribution in [2.75, 3.05) is 13.2 Å². The summed E-state index contributed by atoms with van der Waals surface area (Å²) < 4.78 is 8.92. The second kappa shape index (κ2) is 4.88. The predicted octanol–water partition coefficient (Wildman–Crippen LogP) is -0.940. The zero-order valence-electron chi connectivity index (χ0n) is 7.81. The summed E-state index contributed by atoms with van der Waals surface area (Å²) in [5.41, 5.74) is 7.38. The average molecular weight is 263 g/mol. The number of carbonyl (C=O) groups excluding carboxylic acids is 2. The maximum absolute atomic E-state index is 11.0. The van der Waals surface area contributed by atoms with Crippen molar-refractivity contribution in [3.05, 3.63) is 0 Å². The summed E-state index contributed by atoms with van der Waals surface area (Å²) >= 11 is 5.61. The molecule has 0 rings (SSSR count). The Balaban J connectivity index is 4.47. The van der Waals surface area contributed by atoms with Crippen molar-refractivity contribution in [3.63, 3.8) is 0 Å². The molecule has 11 heteroatoms. The summed E-state index contributed by atoms with van der Waals surface area (Å²) in [4.78, 5) is 25.3. The van der Waals surface area contributed by atoms with Crippen LogP contribution in [0.2, 0.25) is 0 Å². The van der Waals surface area contributed by atoms with E-state index in [1.165, 1.54) is 0 Å². The van der Waals surface area contributed by atoms with Crippen molar-refractivity contribution in [2.45, 2.75) is 0 Å². The molecule has 0 aliphatic rings. The molecule has 0 spiro atoms. The Morgan fingerprint density at radius 3 is 2.40 bits per heavy atom. The number of carbonyl (C=O) groups is 2. The minimum absolute atomic E-state index is 0.351. The van der Waals surface area contributed by atoms with Gasteiger partial charge in [0, 0.05) is 0 Å². The predicted molar refractivity (Wildman–Crippen MR) is 52.9 cm³/mol. The second-order valence-corrected chi connectivity index (χ2v) is 8.04. The van der Waals surface area contributed by atoms with E-state index in [2.05, 4.69) is 19.8 Å². The monoisotopic (exact) mass is 262 g/mol. The average Bonchev–Trinajstić information content (AvgIpc) is 2.00. The molecule has 15 heavy (non-hydrogen) atoms. The van der Waals surface area contributed by atoms with Crippen LogP contribution in [0, 0.1) is 0 Å². The first-order valence-corrected chi connectivity index (χ1v) is 6.99. The molecule has 0 heterocycles. The van der Waals surface area contributed by atoms with Crippen LogP contribution in [0.4, 0.5) is 4.79 Å². The van der Waals surface area contributed by atoms with Crippen LogP contribution in [-0.4, -0.2) is 25.3 Å². The zero-order chi connectivity index (χ0) is 12.1. The molecule has 90 valence electrons. The molecule has 7 N–H and O–H groups in total. The van der Waals surface area contributed by atoms with Crippen molar-refractivity contribution < 1.29 is 23.5 Å². The van der Waals surface area contributed by atoms with E-state index in [0.717, 1.165) is 6.66 Å². The molecule has 0 bridgehead atoms. The van der Waals surface area contributed by atoms with Crippen LogP contribution in [0.5, 0.6) is 0 Å². The number of hydrazine groups is 1. The van der Waals surface area contributed by atoms with Gasteiger partial charge in [0.15, 0.2) is 0 Å². The van der Waals surface area contributed by atoms with Crippen molar-refractivity contribution in [1.29, 1.82) is 0 Å². The first kappa shape index (κ1) is 14.3. The van der Waals surface area contributed by atoms with Crippen molar-refractivity contribution in [3.8, 4) is 0 Å². The van der Waals surface area contributed by atoms with Crippen molar-refractivity contribution in [2.24, 2.45) is 17.2 Å². The number of hydrogen-bond acceptors (Lipinski definition) is 9. The van der Waals surface area contributed by atoms with Gasteiger partial charge in [-0.15, -0.1) is 0 Å². The third kappa shape index (κ3) is 6.39. The van der Waals surface area contributed by atoms with Crippen LogP contribution < -0.4 is 22.7 Å². The molecule has 0 amide bonds. The topological polar surface area (TPSA) is 152 Å². The normalized spacial score (nSPS) is 13.5. The number of hydrogen-bond donors (Lipinski definition) is 4. The molecular formula is C4H12ClN4O5P. The first-order chi connectivity index (χ1) is 6.68. The van der Waals surface area contributed by atoms with Crippen LogP contribution in [-0.2, 0) is 18.7 Å². The molecular weight excluding hydrogens is 250 g/mol. The molecule has 0 aliphatic carbocycles. The van der Waals surface area contributed by atoms with Gasteiger partial charge in [0.2, 0.25) is 0 Å². The molecule has 0 unspecified atom stereocenters.